The summed E-state index contributed by atoms with van der Waals surface area (Å²) in [6.07, 6.45) is 2.51. The molecule has 0 aliphatic heterocycles. The largest absolute Gasteiger partial charge is 0.495 e. The number of ether oxygens (including phenoxy) is 1. The molecule has 2 rings (SSSR count). The molecule has 1 aliphatic rings. The van der Waals surface area contributed by atoms with E-state index in [4.69, 9.17) is 9.84 Å². The van der Waals surface area contributed by atoms with Gasteiger partial charge in [-0.1, -0.05) is 11.8 Å². The van der Waals surface area contributed by atoms with E-state index in [-0.39, 0.29) is 11.5 Å². The summed E-state index contributed by atoms with van der Waals surface area (Å²) in [4.78, 5) is 0.0986. The minimum Gasteiger partial charge on any atom is -0.495 e. The van der Waals surface area contributed by atoms with Gasteiger partial charge in [0.1, 0.15) is 10.6 Å². The summed E-state index contributed by atoms with van der Waals surface area (Å²) < 4.78 is 32.4. The summed E-state index contributed by atoms with van der Waals surface area (Å²) in [6.45, 7) is 0.448. The van der Waals surface area contributed by atoms with Crippen molar-refractivity contribution >= 4 is 10.0 Å². The Morgan fingerprint density at radius 3 is 2.81 bits per heavy atom. The first kappa shape index (κ1) is 15.8. The molecule has 0 unspecified atom stereocenters. The quantitative estimate of drug-likeness (QED) is 0.772. The fourth-order valence-corrected chi connectivity index (χ4v) is 3.12. The van der Waals surface area contributed by atoms with Crippen molar-refractivity contribution in [2.24, 2.45) is 5.92 Å². The average Bonchev–Trinajstić information content (AvgIpc) is 3.30. The number of sulfonamides is 1. The van der Waals surface area contributed by atoms with Crippen LogP contribution in [0, 0.1) is 17.8 Å². The van der Waals surface area contributed by atoms with Crippen molar-refractivity contribution in [3.63, 3.8) is 0 Å². The summed E-state index contributed by atoms with van der Waals surface area (Å²) in [7, 11) is -2.17. The Balaban J connectivity index is 2.26. The molecular formula is C15H19NO4S. The lowest BCUT2D eigenvalue weighted by molar-refractivity contribution is 0.305. The second kappa shape index (κ2) is 6.94. The molecule has 1 aromatic carbocycles. The highest BCUT2D eigenvalue weighted by Crippen LogP contribution is 2.29. The van der Waals surface area contributed by atoms with Gasteiger partial charge in [0.2, 0.25) is 10.0 Å². The van der Waals surface area contributed by atoms with Crippen LogP contribution in [-0.2, 0) is 10.0 Å². The van der Waals surface area contributed by atoms with Gasteiger partial charge in [-0.05, 0) is 37.0 Å². The van der Waals surface area contributed by atoms with Gasteiger partial charge in [0.05, 0.1) is 13.7 Å². The topological polar surface area (TPSA) is 75.6 Å². The average molecular weight is 309 g/mol. The van der Waals surface area contributed by atoms with E-state index in [0.717, 1.165) is 12.8 Å². The van der Waals surface area contributed by atoms with Gasteiger partial charge in [0.25, 0.3) is 0 Å². The lowest BCUT2D eigenvalue weighted by Crippen LogP contribution is -2.26. The summed E-state index contributed by atoms with van der Waals surface area (Å²) >= 11 is 0. The van der Waals surface area contributed by atoms with Gasteiger partial charge in [-0.25, -0.2) is 13.1 Å². The first-order valence-electron chi connectivity index (χ1n) is 6.84. The zero-order valence-corrected chi connectivity index (χ0v) is 12.7. The molecule has 1 aromatic rings. The van der Waals surface area contributed by atoms with Crippen molar-refractivity contribution in [2.45, 2.75) is 24.2 Å². The minimum absolute atomic E-state index is 0.0166. The van der Waals surface area contributed by atoms with Crippen LogP contribution in [-0.4, -0.2) is 33.8 Å². The zero-order valence-electron chi connectivity index (χ0n) is 11.9. The predicted octanol–water partition coefficient (Wildman–Crippen LogP) is 1.12. The van der Waals surface area contributed by atoms with Gasteiger partial charge < -0.3 is 9.84 Å². The molecule has 114 valence electrons. The Morgan fingerprint density at radius 1 is 1.43 bits per heavy atom. The molecule has 0 bridgehead atoms. The SMILES string of the molecule is COc1ccc(C#CCCO)cc1S(=O)(=O)NCC1CC1. The first-order valence-corrected chi connectivity index (χ1v) is 8.32. The number of nitrogens with one attached hydrogen (secondary N) is 1. The molecule has 1 saturated carbocycles. The highest BCUT2D eigenvalue weighted by atomic mass is 32.2. The number of rotatable bonds is 6. The molecule has 1 fully saturated rings. The van der Waals surface area contributed by atoms with E-state index in [2.05, 4.69) is 16.6 Å². The Morgan fingerprint density at radius 2 is 2.19 bits per heavy atom. The van der Waals surface area contributed by atoms with Gasteiger partial charge >= 0.3 is 0 Å². The maximum absolute atomic E-state index is 12.3. The van der Waals surface area contributed by atoms with E-state index in [1.165, 1.54) is 13.2 Å². The highest BCUT2D eigenvalue weighted by molar-refractivity contribution is 7.89. The maximum Gasteiger partial charge on any atom is 0.244 e. The third-order valence-electron chi connectivity index (χ3n) is 3.18. The van der Waals surface area contributed by atoms with Crippen LogP contribution in [0.3, 0.4) is 0 Å². The second-order valence-corrected chi connectivity index (χ2v) is 6.67. The van der Waals surface area contributed by atoms with Crippen molar-refractivity contribution in [1.29, 1.82) is 0 Å². The molecule has 1 aliphatic carbocycles. The van der Waals surface area contributed by atoms with Crippen LogP contribution in [0.4, 0.5) is 0 Å². The van der Waals surface area contributed by atoms with Gasteiger partial charge in [-0.3, -0.25) is 0 Å². The van der Waals surface area contributed by atoms with E-state index in [0.29, 0.717) is 30.2 Å². The van der Waals surface area contributed by atoms with Crippen LogP contribution in [0.15, 0.2) is 23.1 Å². The van der Waals surface area contributed by atoms with Gasteiger partial charge in [0.15, 0.2) is 0 Å². The monoisotopic (exact) mass is 309 g/mol. The molecule has 0 amide bonds. The molecule has 5 nitrogen and oxygen atoms in total. The van der Waals surface area contributed by atoms with Crippen LogP contribution in [0.2, 0.25) is 0 Å². The number of methoxy groups -OCH3 is 1. The first-order chi connectivity index (χ1) is 10.1. The normalized spacial score (nSPS) is 14.4. The third-order valence-corrected chi connectivity index (χ3v) is 4.63. The minimum atomic E-state index is -3.60. The lowest BCUT2D eigenvalue weighted by Gasteiger charge is -2.11. The highest BCUT2D eigenvalue weighted by Gasteiger charge is 2.26. The van der Waals surface area contributed by atoms with E-state index in [9.17, 15) is 8.42 Å². The Hall–Kier alpha value is -1.55. The van der Waals surface area contributed by atoms with Crippen molar-refractivity contribution in [2.75, 3.05) is 20.3 Å². The number of aliphatic hydroxyl groups excluding tert-OH is 1. The molecule has 6 heteroatoms. The standard InChI is InChI=1S/C15H19NO4S/c1-20-14-8-7-12(4-2-3-9-17)10-15(14)21(18,19)16-11-13-5-6-13/h7-8,10,13,16-17H,3,5-6,9,11H2,1H3. The summed E-state index contributed by atoms with van der Waals surface area (Å²) in [6, 6.07) is 4.79. The van der Waals surface area contributed by atoms with Crippen molar-refractivity contribution < 1.29 is 18.3 Å². The van der Waals surface area contributed by atoms with Gasteiger partial charge in [-0.2, -0.15) is 0 Å². The molecule has 0 aromatic heterocycles. The van der Waals surface area contributed by atoms with Gasteiger partial charge in [-0.15, -0.1) is 0 Å². The van der Waals surface area contributed by atoms with Gasteiger partial charge in [0, 0.05) is 18.5 Å². The Bertz CT molecular complexity index is 654. The van der Waals surface area contributed by atoms with Crippen LogP contribution >= 0.6 is 0 Å². The molecule has 0 spiro atoms. The number of hydrogen-bond donors (Lipinski definition) is 2. The maximum atomic E-state index is 12.3. The van der Waals surface area contributed by atoms with Crippen molar-refractivity contribution in [3.05, 3.63) is 23.8 Å². The summed E-state index contributed by atoms with van der Waals surface area (Å²) in [5.74, 6) is 6.35. The molecular weight excluding hydrogens is 290 g/mol. The fraction of sp³-hybridized carbons (Fsp3) is 0.467. The molecule has 2 N–H and O–H groups in total. The van der Waals surface area contributed by atoms with Crippen molar-refractivity contribution in [3.8, 4) is 17.6 Å². The van der Waals surface area contributed by atoms with Crippen LogP contribution in [0.1, 0.15) is 24.8 Å². The molecule has 0 radical (unpaired) electrons. The van der Waals surface area contributed by atoms with E-state index in [1.54, 1.807) is 12.1 Å². The fourth-order valence-electron chi connectivity index (χ4n) is 1.81. The number of hydrogen-bond acceptors (Lipinski definition) is 4. The van der Waals surface area contributed by atoms with E-state index < -0.39 is 10.0 Å². The van der Waals surface area contributed by atoms with Crippen molar-refractivity contribution in [1.82, 2.24) is 4.72 Å². The Kier molecular flexibility index (Phi) is 5.23. The molecule has 0 heterocycles. The molecule has 0 saturated heterocycles. The third kappa shape index (κ3) is 4.46. The van der Waals surface area contributed by atoms with Crippen LogP contribution in [0.25, 0.3) is 0 Å². The van der Waals surface area contributed by atoms with E-state index in [1.807, 2.05) is 0 Å². The predicted molar refractivity (Wildman–Crippen MR) is 79.5 cm³/mol. The van der Waals surface area contributed by atoms with Crippen LogP contribution in [0.5, 0.6) is 5.75 Å². The molecule has 0 atom stereocenters. The van der Waals surface area contributed by atoms with E-state index >= 15 is 0 Å². The summed E-state index contributed by atoms with van der Waals surface area (Å²) in [5.41, 5.74) is 0.580. The number of aliphatic hydroxyl groups is 1. The zero-order chi connectivity index (χ0) is 15.3. The van der Waals surface area contributed by atoms with Crippen LogP contribution < -0.4 is 9.46 Å². The second-order valence-electron chi connectivity index (χ2n) is 4.94. The molecule has 21 heavy (non-hydrogen) atoms. The number of benzene rings is 1. The smallest absolute Gasteiger partial charge is 0.244 e. The summed E-state index contributed by atoms with van der Waals surface area (Å²) in [5, 5.41) is 8.71. The Labute approximate surface area is 125 Å². The lowest BCUT2D eigenvalue weighted by atomic mass is 10.2.